The molecule has 5 rings (SSSR count). The molecule has 36 heavy (non-hydrogen) atoms. The standard InChI is InChI=1S/C29H24N4O2S/c1-3-35-23-14-12-22(13-15-23)31-29-32-28(34)27(36-29)16-25-19(2)33(26-11-7-6-10-24(25)26)18-21-9-5-4-8-20(21)17-30/h4-16H,3,18H2,1-2H3,(H,31,32,34). The van der Waals surface area contributed by atoms with Gasteiger partial charge in [-0.3, -0.25) is 4.79 Å². The summed E-state index contributed by atoms with van der Waals surface area (Å²) in [4.78, 5) is 18.0. The maximum Gasteiger partial charge on any atom is 0.264 e. The lowest BCUT2D eigenvalue weighted by atomic mass is 10.1. The first-order valence-electron chi connectivity index (χ1n) is 11.7. The molecule has 4 aromatic rings. The topological polar surface area (TPSA) is 79.4 Å². The van der Waals surface area contributed by atoms with E-state index in [0.717, 1.165) is 39.2 Å². The van der Waals surface area contributed by atoms with Gasteiger partial charge in [0.2, 0.25) is 0 Å². The lowest BCUT2D eigenvalue weighted by Gasteiger charge is -2.10. The van der Waals surface area contributed by atoms with Crippen molar-refractivity contribution in [2.45, 2.75) is 20.4 Å². The van der Waals surface area contributed by atoms with Gasteiger partial charge in [-0.25, -0.2) is 4.99 Å². The van der Waals surface area contributed by atoms with E-state index in [4.69, 9.17) is 4.74 Å². The van der Waals surface area contributed by atoms with Crippen molar-refractivity contribution >= 4 is 45.5 Å². The van der Waals surface area contributed by atoms with Crippen LogP contribution in [0, 0.1) is 18.3 Å². The van der Waals surface area contributed by atoms with Crippen molar-refractivity contribution in [2.75, 3.05) is 6.61 Å². The Labute approximate surface area is 213 Å². The van der Waals surface area contributed by atoms with Crippen LogP contribution in [0.3, 0.4) is 0 Å². The van der Waals surface area contributed by atoms with Gasteiger partial charge in [-0.05, 0) is 73.6 Å². The van der Waals surface area contributed by atoms with Gasteiger partial charge < -0.3 is 14.6 Å². The molecule has 1 fully saturated rings. The Kier molecular flexibility index (Phi) is 6.61. The van der Waals surface area contributed by atoms with Gasteiger partial charge >= 0.3 is 0 Å². The summed E-state index contributed by atoms with van der Waals surface area (Å²) >= 11 is 1.33. The van der Waals surface area contributed by atoms with Crippen LogP contribution < -0.4 is 10.1 Å². The van der Waals surface area contributed by atoms with E-state index in [0.29, 0.717) is 28.8 Å². The molecule has 2 heterocycles. The molecule has 0 saturated carbocycles. The molecule has 0 atom stereocenters. The number of aliphatic imine (C=N–C) groups is 1. The number of thioether (sulfide) groups is 1. The van der Waals surface area contributed by atoms with Gasteiger partial charge in [0.05, 0.1) is 28.8 Å². The van der Waals surface area contributed by atoms with Crippen molar-refractivity contribution in [1.29, 1.82) is 5.26 Å². The molecular weight excluding hydrogens is 468 g/mol. The molecular formula is C29H24N4O2S. The zero-order valence-electron chi connectivity index (χ0n) is 20.0. The number of para-hydroxylation sites is 1. The highest BCUT2D eigenvalue weighted by molar-refractivity contribution is 8.18. The Morgan fingerprint density at radius 1 is 1.08 bits per heavy atom. The molecule has 6 nitrogen and oxygen atoms in total. The Morgan fingerprint density at radius 3 is 2.61 bits per heavy atom. The summed E-state index contributed by atoms with van der Waals surface area (Å²) < 4.78 is 7.68. The van der Waals surface area contributed by atoms with Crippen LogP contribution >= 0.6 is 11.8 Å². The third-order valence-electron chi connectivity index (χ3n) is 6.05. The minimum absolute atomic E-state index is 0.171. The number of amides is 1. The monoisotopic (exact) mass is 492 g/mol. The number of nitriles is 1. The van der Waals surface area contributed by atoms with E-state index in [1.165, 1.54) is 11.8 Å². The molecule has 1 aliphatic rings. The molecule has 1 N–H and O–H groups in total. The molecule has 0 radical (unpaired) electrons. The van der Waals surface area contributed by atoms with Crippen molar-refractivity contribution in [2.24, 2.45) is 4.99 Å². The number of nitrogens with one attached hydrogen (secondary N) is 1. The average molecular weight is 493 g/mol. The van der Waals surface area contributed by atoms with E-state index in [1.54, 1.807) is 0 Å². The molecule has 1 aromatic heterocycles. The van der Waals surface area contributed by atoms with Gasteiger partial charge in [-0.15, -0.1) is 0 Å². The van der Waals surface area contributed by atoms with Crippen LogP contribution in [-0.2, 0) is 11.3 Å². The zero-order chi connectivity index (χ0) is 25.1. The highest BCUT2D eigenvalue weighted by atomic mass is 32.2. The Hall–Kier alpha value is -4.28. The first-order chi connectivity index (χ1) is 17.6. The normalized spacial score (nSPS) is 15.4. The number of nitrogens with zero attached hydrogens (tertiary/aromatic N) is 3. The van der Waals surface area contributed by atoms with E-state index >= 15 is 0 Å². The highest BCUT2D eigenvalue weighted by Gasteiger charge is 2.25. The molecule has 0 bridgehead atoms. The first kappa shape index (κ1) is 23.5. The van der Waals surface area contributed by atoms with Crippen LogP contribution in [0.25, 0.3) is 17.0 Å². The Balaban J connectivity index is 1.48. The fraction of sp³-hybridized carbons (Fsp3) is 0.138. The predicted octanol–water partition coefficient (Wildman–Crippen LogP) is 6.16. The lowest BCUT2D eigenvalue weighted by Crippen LogP contribution is -2.19. The zero-order valence-corrected chi connectivity index (χ0v) is 20.8. The van der Waals surface area contributed by atoms with Crippen LogP contribution in [0.2, 0.25) is 0 Å². The molecule has 3 aromatic carbocycles. The first-order valence-corrected chi connectivity index (χ1v) is 12.5. The molecule has 7 heteroatoms. The van der Waals surface area contributed by atoms with Crippen LogP contribution in [0.15, 0.2) is 82.7 Å². The summed E-state index contributed by atoms with van der Waals surface area (Å²) in [5.41, 5.74) is 5.44. The van der Waals surface area contributed by atoms with Gasteiger partial charge in [0.25, 0.3) is 5.91 Å². The second-order valence-electron chi connectivity index (χ2n) is 8.28. The van der Waals surface area contributed by atoms with Gasteiger partial charge in [-0.2, -0.15) is 5.26 Å². The van der Waals surface area contributed by atoms with Crippen LogP contribution in [0.4, 0.5) is 5.69 Å². The smallest absolute Gasteiger partial charge is 0.264 e. The SMILES string of the molecule is CCOc1ccc(N=C2NC(=O)C(=Cc3c(C)n(Cc4ccccc4C#N)c4ccccc34)S2)cc1. The third kappa shape index (κ3) is 4.64. The fourth-order valence-electron chi connectivity index (χ4n) is 4.29. The number of carbonyl (C=O) groups excluding carboxylic acids is 1. The van der Waals surface area contributed by atoms with Crippen molar-refractivity contribution in [3.05, 3.63) is 100 Å². The van der Waals surface area contributed by atoms with Crippen LogP contribution in [-0.4, -0.2) is 22.2 Å². The average Bonchev–Trinajstić information content (AvgIpc) is 3.37. The second kappa shape index (κ2) is 10.1. The van der Waals surface area contributed by atoms with Crippen LogP contribution in [0.5, 0.6) is 5.75 Å². The van der Waals surface area contributed by atoms with Crippen molar-refractivity contribution < 1.29 is 9.53 Å². The number of fused-ring (bicyclic) bond motifs is 1. The predicted molar refractivity (Wildman–Crippen MR) is 145 cm³/mol. The highest BCUT2D eigenvalue weighted by Crippen LogP contribution is 2.34. The lowest BCUT2D eigenvalue weighted by molar-refractivity contribution is -0.115. The maximum absolute atomic E-state index is 12.8. The van der Waals surface area contributed by atoms with Crippen molar-refractivity contribution in [3.8, 4) is 11.8 Å². The number of aromatic nitrogens is 1. The van der Waals surface area contributed by atoms with Gasteiger partial charge in [0.1, 0.15) is 5.75 Å². The number of amidine groups is 1. The minimum atomic E-state index is -0.171. The van der Waals surface area contributed by atoms with E-state index < -0.39 is 0 Å². The summed E-state index contributed by atoms with van der Waals surface area (Å²) in [5, 5.41) is 14.0. The number of ether oxygens (including phenoxy) is 1. The number of hydrogen-bond donors (Lipinski definition) is 1. The summed E-state index contributed by atoms with van der Waals surface area (Å²) in [6, 6.07) is 25.5. The minimum Gasteiger partial charge on any atom is -0.494 e. The fourth-order valence-corrected chi connectivity index (χ4v) is 5.12. The summed E-state index contributed by atoms with van der Waals surface area (Å²) in [7, 11) is 0. The van der Waals surface area contributed by atoms with E-state index in [2.05, 4.69) is 33.1 Å². The van der Waals surface area contributed by atoms with Gasteiger partial charge in [-0.1, -0.05) is 36.4 Å². The number of benzene rings is 3. The molecule has 1 saturated heterocycles. The van der Waals surface area contributed by atoms with E-state index in [9.17, 15) is 10.1 Å². The number of hydrogen-bond acceptors (Lipinski definition) is 5. The molecule has 178 valence electrons. The number of carbonyl (C=O) groups is 1. The van der Waals surface area contributed by atoms with Gasteiger partial charge in [0, 0.05) is 28.7 Å². The second-order valence-corrected chi connectivity index (χ2v) is 9.31. The van der Waals surface area contributed by atoms with Crippen molar-refractivity contribution in [1.82, 2.24) is 9.88 Å². The summed E-state index contributed by atoms with van der Waals surface area (Å²) in [5.74, 6) is 0.616. The summed E-state index contributed by atoms with van der Waals surface area (Å²) in [6.45, 7) is 5.17. The molecule has 0 spiro atoms. The van der Waals surface area contributed by atoms with Crippen molar-refractivity contribution in [3.63, 3.8) is 0 Å². The largest absolute Gasteiger partial charge is 0.494 e. The van der Waals surface area contributed by atoms with E-state index in [1.807, 2.05) is 80.6 Å². The maximum atomic E-state index is 12.8. The molecule has 0 unspecified atom stereocenters. The molecule has 0 aliphatic carbocycles. The third-order valence-corrected chi connectivity index (χ3v) is 6.96. The van der Waals surface area contributed by atoms with Gasteiger partial charge in [0.15, 0.2) is 5.17 Å². The Morgan fingerprint density at radius 2 is 1.83 bits per heavy atom. The van der Waals surface area contributed by atoms with Crippen LogP contribution in [0.1, 0.15) is 29.3 Å². The quantitative estimate of drug-likeness (QED) is 0.327. The Bertz CT molecular complexity index is 1560. The summed E-state index contributed by atoms with van der Waals surface area (Å²) in [6.07, 6.45) is 1.94. The molecule has 1 amide bonds. The molecule has 1 aliphatic heterocycles. The van der Waals surface area contributed by atoms with E-state index in [-0.39, 0.29) is 5.91 Å². The number of rotatable bonds is 6.